The van der Waals surface area contributed by atoms with Crippen molar-refractivity contribution in [3.8, 4) is 0 Å². The van der Waals surface area contributed by atoms with Crippen molar-refractivity contribution >= 4 is 11.6 Å². The van der Waals surface area contributed by atoms with Crippen molar-refractivity contribution in [2.45, 2.75) is 13.8 Å². The molecule has 0 aliphatic carbocycles. The Kier molecular flexibility index (Phi) is 59.7. The van der Waals surface area contributed by atoms with E-state index in [0.717, 1.165) is 0 Å². The molecule has 0 amide bonds. The maximum atomic E-state index is 10.2. The van der Waals surface area contributed by atoms with Gasteiger partial charge in [-0.3, -0.25) is 9.59 Å². The Balaban J connectivity index is -0.0000000327. The van der Waals surface area contributed by atoms with Crippen LogP contribution in [0.25, 0.3) is 0 Å². The Bertz CT molecular complexity index is 213. The number of nitrogens with two attached hydrogens (primary N) is 2. The van der Waals surface area contributed by atoms with Gasteiger partial charge < -0.3 is 25.6 Å². The van der Waals surface area contributed by atoms with E-state index in [1.807, 2.05) is 0 Å². The van der Waals surface area contributed by atoms with E-state index in [4.69, 9.17) is 11.5 Å². The first kappa shape index (κ1) is 36.0. The summed E-state index contributed by atoms with van der Waals surface area (Å²) in [4.78, 5) is 20.4. The van der Waals surface area contributed by atoms with Crippen LogP contribution in [-0.2, 0) is 32.0 Å². The molecule has 0 fully saturated rings. The molecule has 1 radical (unpaired) electrons. The molecule has 109 valence electrons. The van der Waals surface area contributed by atoms with Gasteiger partial charge in [0, 0.05) is 22.4 Å². The molecule has 0 aliphatic rings. The zero-order valence-corrected chi connectivity index (χ0v) is 13.5. The molecule has 0 spiro atoms. The second kappa shape index (κ2) is 29.9. The van der Waals surface area contributed by atoms with Crippen molar-refractivity contribution in [1.82, 2.24) is 0 Å². The quantitative estimate of drug-likeness (QED) is 0.429. The minimum atomic E-state index is -0.0255. The molecule has 0 aliphatic heterocycles. The first-order valence-electron chi connectivity index (χ1n) is 4.33. The van der Waals surface area contributed by atoms with Gasteiger partial charge in [0.2, 0.25) is 0 Å². The van der Waals surface area contributed by atoms with Crippen LogP contribution in [0.1, 0.15) is 13.8 Å². The summed E-state index contributed by atoms with van der Waals surface area (Å²) in [6, 6.07) is 0. The topological polar surface area (TPSA) is 86.2 Å². The Hall–Kier alpha value is -0.730. The first-order valence-corrected chi connectivity index (χ1v) is 4.33. The molecule has 4 N–H and O–H groups in total. The molecule has 0 aromatic carbocycles. The van der Waals surface area contributed by atoms with Gasteiger partial charge >= 0.3 is 0 Å². The Morgan fingerprint density at radius 1 is 0.833 bits per heavy atom. The molecule has 8 heteroatoms. The minimum Gasteiger partial charge on any atom is -1.00 e. The number of hydrogen-bond acceptors (Lipinski definition) is 4. The summed E-state index contributed by atoms with van der Waals surface area (Å²) in [5, 5.41) is 0. The molecule has 0 aromatic heterocycles. The van der Waals surface area contributed by atoms with Crippen LogP contribution in [0.2, 0.25) is 0 Å². The van der Waals surface area contributed by atoms with Gasteiger partial charge in [0.25, 0.3) is 0 Å². The standard InChI is InChI=1S/2C5H9NO.3FH.Ta/c2*1-2-3-5(7)4-6;;;;/h2*2-3H,4,6H2,1H3;3*1H;/p-3. The van der Waals surface area contributed by atoms with E-state index < -0.39 is 0 Å². The van der Waals surface area contributed by atoms with Crippen LogP contribution in [0.3, 0.4) is 0 Å². The smallest absolute Gasteiger partial charge is 0.168 e. The number of carbonyl (C=O) groups excluding carboxylic acids is 2. The number of allylic oxidation sites excluding steroid dienone is 2. The molecule has 0 aromatic rings. The number of rotatable bonds is 4. The van der Waals surface area contributed by atoms with Gasteiger partial charge in [0.15, 0.2) is 11.6 Å². The monoisotopic (exact) mass is 436 g/mol. The Labute approximate surface area is 120 Å². The molecule has 18 heavy (non-hydrogen) atoms. The van der Waals surface area contributed by atoms with E-state index in [1.165, 1.54) is 12.2 Å². The maximum absolute atomic E-state index is 10.2. The second-order valence-corrected chi connectivity index (χ2v) is 2.34. The number of ketones is 2. The van der Waals surface area contributed by atoms with Crippen LogP contribution in [-0.4, -0.2) is 24.7 Å². The van der Waals surface area contributed by atoms with E-state index in [1.54, 1.807) is 26.0 Å². The van der Waals surface area contributed by atoms with Gasteiger partial charge in [-0.15, -0.1) is 0 Å². The molecule has 4 nitrogen and oxygen atoms in total. The van der Waals surface area contributed by atoms with Crippen LogP contribution >= 0.6 is 0 Å². The van der Waals surface area contributed by atoms with E-state index in [2.05, 4.69) is 0 Å². The molecular formula is C10H18F3N2O2Ta-3. The fourth-order valence-electron chi connectivity index (χ4n) is 0.508. The summed E-state index contributed by atoms with van der Waals surface area (Å²) in [7, 11) is 0. The minimum absolute atomic E-state index is 0. The third-order valence-electron chi connectivity index (χ3n) is 1.11. The molecule has 0 heterocycles. The van der Waals surface area contributed by atoms with Crippen LogP contribution in [0, 0.1) is 0 Å². The molecule has 0 atom stereocenters. The summed E-state index contributed by atoms with van der Waals surface area (Å²) in [6.07, 6.45) is 6.27. The Morgan fingerprint density at radius 2 is 1.06 bits per heavy atom. The third kappa shape index (κ3) is 36.2. The van der Waals surface area contributed by atoms with Crippen molar-refractivity contribution in [2.24, 2.45) is 11.5 Å². The predicted molar refractivity (Wildman–Crippen MR) is 57.8 cm³/mol. The molecule has 0 bridgehead atoms. The zero-order chi connectivity index (χ0) is 11.4. The summed E-state index contributed by atoms with van der Waals surface area (Å²) >= 11 is 0. The van der Waals surface area contributed by atoms with Crippen LogP contribution < -0.4 is 25.6 Å². The number of carbonyl (C=O) groups is 2. The van der Waals surface area contributed by atoms with Gasteiger partial charge in [0.05, 0.1) is 13.1 Å². The fourth-order valence-corrected chi connectivity index (χ4v) is 0.508. The molecular weight excluding hydrogens is 418 g/mol. The average molecular weight is 436 g/mol. The maximum Gasteiger partial charge on any atom is 0.168 e. The largest absolute Gasteiger partial charge is 1.00 e. The summed E-state index contributed by atoms with van der Waals surface area (Å²) < 4.78 is 0. The summed E-state index contributed by atoms with van der Waals surface area (Å²) in [5.41, 5.74) is 9.91. The van der Waals surface area contributed by atoms with Crippen LogP contribution in [0.4, 0.5) is 0 Å². The van der Waals surface area contributed by atoms with Gasteiger partial charge in [0.1, 0.15) is 0 Å². The normalized spacial score (nSPS) is 7.78. The molecule has 0 rings (SSSR count). The molecule has 0 saturated carbocycles. The van der Waals surface area contributed by atoms with Crippen LogP contribution in [0.15, 0.2) is 24.3 Å². The van der Waals surface area contributed by atoms with E-state index in [-0.39, 0.29) is 61.1 Å². The van der Waals surface area contributed by atoms with Crippen molar-refractivity contribution < 1.29 is 46.1 Å². The van der Waals surface area contributed by atoms with Crippen molar-refractivity contribution in [2.75, 3.05) is 13.1 Å². The molecule has 0 saturated heterocycles. The van der Waals surface area contributed by atoms with E-state index in [0.29, 0.717) is 0 Å². The third-order valence-corrected chi connectivity index (χ3v) is 1.11. The molecule has 0 unspecified atom stereocenters. The van der Waals surface area contributed by atoms with Gasteiger partial charge in [-0.05, 0) is 26.0 Å². The van der Waals surface area contributed by atoms with Crippen molar-refractivity contribution in [1.29, 1.82) is 0 Å². The van der Waals surface area contributed by atoms with E-state index >= 15 is 0 Å². The van der Waals surface area contributed by atoms with Crippen molar-refractivity contribution in [3.05, 3.63) is 24.3 Å². The van der Waals surface area contributed by atoms with Crippen molar-refractivity contribution in [3.63, 3.8) is 0 Å². The fraction of sp³-hybridized carbons (Fsp3) is 0.400. The van der Waals surface area contributed by atoms with Gasteiger partial charge in [-0.25, -0.2) is 0 Å². The van der Waals surface area contributed by atoms with Gasteiger partial charge in [-0.2, -0.15) is 0 Å². The summed E-state index contributed by atoms with van der Waals surface area (Å²) in [5.74, 6) is -0.0509. The number of halogens is 3. The zero-order valence-electron chi connectivity index (χ0n) is 10.3. The summed E-state index contributed by atoms with van der Waals surface area (Å²) in [6.45, 7) is 3.80. The average Bonchev–Trinajstić information content (AvgIpc) is 2.19. The van der Waals surface area contributed by atoms with Crippen LogP contribution in [0.5, 0.6) is 0 Å². The second-order valence-electron chi connectivity index (χ2n) is 2.34. The number of hydrogen-bond donors (Lipinski definition) is 2. The SMILES string of the molecule is CC=CC(=O)CN.CC=CC(=O)CN.[F-].[F-].[F-].[Ta]. The Morgan fingerprint density at radius 3 is 1.11 bits per heavy atom. The first-order chi connectivity index (χ1) is 6.62. The van der Waals surface area contributed by atoms with E-state index in [9.17, 15) is 9.59 Å². The predicted octanol–water partition coefficient (Wildman–Crippen LogP) is -8.81. The van der Waals surface area contributed by atoms with Gasteiger partial charge in [-0.1, -0.05) is 12.2 Å².